The molecule has 3 heterocycles. The summed E-state index contributed by atoms with van der Waals surface area (Å²) in [5.41, 5.74) is 1.88. The highest BCUT2D eigenvalue weighted by Gasteiger charge is 2.53. The van der Waals surface area contributed by atoms with E-state index >= 15 is 0 Å². The van der Waals surface area contributed by atoms with Crippen LogP contribution in [0.15, 0.2) is 47.6 Å². The topological polar surface area (TPSA) is 156 Å². The lowest BCUT2D eigenvalue weighted by Gasteiger charge is -2.43. The number of ketones is 2. The molecule has 0 aromatic carbocycles. The maximum Gasteiger partial charge on any atom is 0.329 e. The summed E-state index contributed by atoms with van der Waals surface area (Å²) in [5.74, 6) is -5.51. The molecule has 1 N–H and O–H groups in total. The van der Waals surface area contributed by atoms with Crippen LogP contribution < -0.4 is 0 Å². The standard InChI is InChI=1S/C63H108INO12Si2/c1-17-78(18-2,19-3)76-53-34-32-49(39-56(53)72-15)38-45(10)55-41-51(64)44(9)37-47(12)58(77-79(20-4,21-5)22-6)59(73-16)57(66)46(11)36-42(7)28-24-23-25-29-43(8)54(71-14)40-50-33-31-48(13)63(70,75-50)60(67)61(68)65-35-27-26-30-52(65)62(69)74-55/h23-25,28-29,37,42,44-46,48-56,58-59,70H,17-22,26-27,30-36,38-41H2,1-16H3/b25-23+,28-24+,43-29+,47-37+/t42-,44-,45-,46-,48-,49+,50+,51+,52+,53-,54+,55+,56-,58-,59+,63-/m1/s1. The van der Waals surface area contributed by atoms with Crippen molar-refractivity contribution in [2.24, 2.45) is 35.5 Å². The van der Waals surface area contributed by atoms with Gasteiger partial charge in [0.05, 0.1) is 30.5 Å². The van der Waals surface area contributed by atoms with Crippen LogP contribution >= 0.6 is 22.6 Å². The third-order valence-corrected chi connectivity index (χ3v) is 30.1. The molecule has 13 nitrogen and oxygen atoms in total. The molecule has 0 aromatic heterocycles. The fourth-order valence-corrected chi connectivity index (χ4v) is 19.6. The van der Waals surface area contributed by atoms with Crippen LogP contribution in [0.1, 0.15) is 167 Å². The number of rotatable bonds is 16. The Morgan fingerprint density at radius 2 is 1.38 bits per heavy atom. The zero-order chi connectivity index (χ0) is 58.8. The van der Waals surface area contributed by atoms with Crippen LogP contribution in [0.25, 0.3) is 0 Å². The van der Waals surface area contributed by atoms with Gasteiger partial charge in [-0.15, -0.1) is 0 Å². The van der Waals surface area contributed by atoms with Crippen molar-refractivity contribution >= 4 is 62.7 Å². The molecule has 4 aliphatic rings. The highest BCUT2D eigenvalue weighted by molar-refractivity contribution is 14.1. The van der Waals surface area contributed by atoms with E-state index in [9.17, 15) is 24.3 Å². The van der Waals surface area contributed by atoms with Crippen molar-refractivity contribution in [2.75, 3.05) is 27.9 Å². The lowest BCUT2D eigenvalue weighted by atomic mass is 9.78. The maximum absolute atomic E-state index is 14.9. The van der Waals surface area contributed by atoms with Crippen LogP contribution in [-0.2, 0) is 51.7 Å². The number of allylic oxidation sites excluding steroid dienone is 6. The molecule has 2 bridgehead atoms. The van der Waals surface area contributed by atoms with E-state index in [-0.39, 0.29) is 58.2 Å². The first-order valence-electron chi connectivity index (χ1n) is 30.8. The quantitative estimate of drug-likeness (QED) is 0.0390. The Bertz CT molecular complexity index is 2040. The zero-order valence-corrected chi connectivity index (χ0v) is 56.0. The molecule has 79 heavy (non-hydrogen) atoms. The molecule has 3 aliphatic heterocycles. The van der Waals surface area contributed by atoms with Crippen molar-refractivity contribution in [3.63, 3.8) is 0 Å². The number of alkyl halides is 1. The second kappa shape index (κ2) is 33.0. The number of halogens is 1. The van der Waals surface area contributed by atoms with Crippen molar-refractivity contribution in [3.8, 4) is 0 Å². The maximum atomic E-state index is 14.9. The van der Waals surface area contributed by atoms with Gasteiger partial charge in [0, 0.05) is 50.1 Å². The fraction of sp³-hybridized carbons (Fsp3) is 0.810. The molecule has 1 amide bonds. The number of hydrogen-bond acceptors (Lipinski definition) is 12. The number of Topliss-reactive ketones (excluding diaryl/α,β-unsaturated/α-hetero) is 2. The van der Waals surface area contributed by atoms with E-state index < -0.39 is 76.5 Å². The minimum atomic E-state index is -2.38. The number of nitrogens with zero attached hydrogens (tertiary/aromatic N) is 1. The van der Waals surface area contributed by atoms with E-state index in [1.54, 1.807) is 28.3 Å². The van der Waals surface area contributed by atoms with Gasteiger partial charge >= 0.3 is 5.97 Å². The largest absolute Gasteiger partial charge is 0.461 e. The molecule has 16 heteroatoms. The number of fused-ring (bicyclic) bond motifs is 3. The summed E-state index contributed by atoms with van der Waals surface area (Å²) in [4.78, 5) is 60.1. The van der Waals surface area contributed by atoms with Gasteiger partial charge in [0.25, 0.3) is 11.7 Å². The molecular weight excluding hydrogens is 1150 g/mol. The second-order valence-electron chi connectivity index (χ2n) is 24.4. The van der Waals surface area contributed by atoms with Crippen molar-refractivity contribution in [1.82, 2.24) is 4.90 Å². The van der Waals surface area contributed by atoms with Gasteiger partial charge < -0.3 is 42.5 Å². The average molecular weight is 1250 g/mol. The molecule has 2 saturated heterocycles. The van der Waals surface area contributed by atoms with E-state index in [1.165, 1.54) is 4.90 Å². The van der Waals surface area contributed by atoms with Gasteiger partial charge in [0.15, 0.2) is 22.4 Å². The SMILES string of the molecule is CC[Si](CC)(CC)O[C@@H]1/C(C)=C/[C@@H](C)[C@@H](I)C[C@@H]([C@H](C)C[C@@H]2CC[C@@H](O[Si](CC)(CC)CC)[C@H](OC)C2)OC(=O)[C@@H]2CCCCN2C(=O)C(=O)[C@]2(O)O[C@@H](CC[C@H]2C)C[C@H](OC)/C(C)=C/C=C/C=C/[C@@H](C)C[C@@H](C)C(=O)[C@@H]1OC. The molecule has 1 aliphatic carbocycles. The Morgan fingerprint density at radius 3 is 1.99 bits per heavy atom. The van der Waals surface area contributed by atoms with Gasteiger partial charge in [-0.2, -0.15) is 0 Å². The minimum absolute atomic E-state index is 0.0205. The van der Waals surface area contributed by atoms with Crippen LogP contribution in [0.3, 0.4) is 0 Å². The van der Waals surface area contributed by atoms with Gasteiger partial charge in [-0.1, -0.05) is 135 Å². The zero-order valence-electron chi connectivity index (χ0n) is 51.8. The Hall–Kier alpha value is -1.88. The van der Waals surface area contributed by atoms with Gasteiger partial charge in [0.2, 0.25) is 5.79 Å². The minimum Gasteiger partial charge on any atom is -0.461 e. The molecule has 0 unspecified atom stereocenters. The number of methoxy groups -OCH3 is 3. The lowest BCUT2D eigenvalue weighted by molar-refractivity contribution is -0.265. The molecule has 3 fully saturated rings. The molecule has 0 aromatic rings. The van der Waals surface area contributed by atoms with Crippen molar-refractivity contribution in [1.29, 1.82) is 0 Å². The fourth-order valence-electron chi connectivity index (χ4n) is 13.1. The molecule has 1 saturated carbocycles. The third kappa shape index (κ3) is 18.6. The third-order valence-electron chi connectivity index (χ3n) is 19.2. The Balaban J connectivity index is 1.80. The van der Waals surface area contributed by atoms with Crippen molar-refractivity contribution < 1.29 is 56.8 Å². The normalized spacial score (nSPS) is 36.8. The molecule has 0 spiro atoms. The van der Waals surface area contributed by atoms with Gasteiger partial charge in [-0.3, -0.25) is 14.4 Å². The Kier molecular flexibility index (Phi) is 29.1. The summed E-state index contributed by atoms with van der Waals surface area (Å²) in [6.07, 6.45) is 17.1. The van der Waals surface area contributed by atoms with E-state index in [2.05, 4.69) is 104 Å². The van der Waals surface area contributed by atoms with E-state index in [0.717, 1.165) is 73.1 Å². The van der Waals surface area contributed by atoms with Crippen LogP contribution in [0.2, 0.25) is 36.3 Å². The summed E-state index contributed by atoms with van der Waals surface area (Å²) in [6, 6.07) is 4.99. The summed E-state index contributed by atoms with van der Waals surface area (Å²) in [7, 11) is 0.909. The molecule has 4 rings (SSSR count). The molecule has 452 valence electrons. The first kappa shape index (κ1) is 69.6. The van der Waals surface area contributed by atoms with Crippen LogP contribution in [0.4, 0.5) is 0 Å². The number of hydrogen-bond donors (Lipinski definition) is 1. The monoisotopic (exact) mass is 1250 g/mol. The first-order valence-corrected chi connectivity index (χ1v) is 37.1. The molecule has 16 atom stereocenters. The van der Waals surface area contributed by atoms with Crippen molar-refractivity contribution in [3.05, 3.63) is 47.6 Å². The van der Waals surface area contributed by atoms with E-state index in [1.807, 2.05) is 38.2 Å². The summed E-state index contributed by atoms with van der Waals surface area (Å²) < 4.78 is 45.7. The van der Waals surface area contributed by atoms with Crippen LogP contribution in [0.5, 0.6) is 0 Å². The van der Waals surface area contributed by atoms with Crippen LogP contribution in [0, 0.1) is 35.5 Å². The smallest absolute Gasteiger partial charge is 0.329 e. The summed E-state index contributed by atoms with van der Waals surface area (Å²) in [6.45, 7) is 27.8. The highest BCUT2D eigenvalue weighted by Crippen LogP contribution is 2.40. The van der Waals surface area contributed by atoms with E-state index in [4.69, 9.17) is 32.5 Å². The predicted octanol–water partition coefficient (Wildman–Crippen LogP) is 13.5. The second-order valence-corrected chi connectivity index (χ2v) is 35.5. The number of esters is 1. The first-order chi connectivity index (χ1) is 37.5. The highest BCUT2D eigenvalue weighted by atomic mass is 127. The molecular formula is C63H108INO12Si2. The number of piperidine rings is 1. The van der Waals surface area contributed by atoms with Gasteiger partial charge in [0.1, 0.15) is 18.2 Å². The number of ether oxygens (including phenoxy) is 5. The van der Waals surface area contributed by atoms with Gasteiger partial charge in [-0.25, -0.2) is 4.79 Å². The predicted molar refractivity (Wildman–Crippen MR) is 330 cm³/mol. The van der Waals surface area contributed by atoms with Gasteiger partial charge in [-0.05, 0) is 156 Å². The summed E-state index contributed by atoms with van der Waals surface area (Å²) >= 11 is 2.50. The lowest BCUT2D eigenvalue weighted by Crippen LogP contribution is -2.61. The van der Waals surface area contributed by atoms with Crippen molar-refractivity contribution in [2.45, 2.75) is 262 Å². The van der Waals surface area contributed by atoms with Crippen LogP contribution in [-0.4, -0.2) is 136 Å². The average Bonchev–Trinajstić information content (AvgIpc) is 3.45. The number of amides is 1. The number of aliphatic hydroxyl groups is 1. The number of carbonyl (C=O) groups is 4. The number of cyclic esters (lactones) is 1. The Morgan fingerprint density at radius 1 is 0.734 bits per heavy atom. The number of carbonyl (C=O) groups excluding carboxylic acids is 4. The summed E-state index contributed by atoms with van der Waals surface area (Å²) in [5, 5.41) is 12.2. The molecule has 0 radical (unpaired) electrons. The Labute approximate surface area is 494 Å². The van der Waals surface area contributed by atoms with E-state index in [0.29, 0.717) is 57.3 Å².